The van der Waals surface area contributed by atoms with E-state index in [9.17, 15) is 9.90 Å². The van der Waals surface area contributed by atoms with Gasteiger partial charge in [0.05, 0.1) is 0 Å². The summed E-state index contributed by atoms with van der Waals surface area (Å²) in [6.07, 6.45) is 4.99. The number of benzene rings is 1. The zero-order valence-electron chi connectivity index (χ0n) is 12.7. The van der Waals surface area contributed by atoms with Gasteiger partial charge in [-0.2, -0.15) is 0 Å². The summed E-state index contributed by atoms with van der Waals surface area (Å²) in [5.41, 5.74) is 1.40. The smallest absolute Gasteiger partial charge is 0.254 e. The lowest BCUT2D eigenvalue weighted by molar-refractivity contribution is 0.0771. The van der Waals surface area contributed by atoms with Gasteiger partial charge in [-0.05, 0) is 57.0 Å². The fourth-order valence-corrected chi connectivity index (χ4v) is 3.43. The van der Waals surface area contributed by atoms with E-state index < -0.39 is 0 Å². The van der Waals surface area contributed by atoms with Crippen molar-refractivity contribution in [1.29, 1.82) is 0 Å². The van der Waals surface area contributed by atoms with Crippen LogP contribution in [0, 0.1) is 6.92 Å². The Bertz CT molecular complexity index is 524. The lowest BCUT2D eigenvalue weighted by Gasteiger charge is -2.32. The third-order valence-electron chi connectivity index (χ3n) is 4.81. The van der Waals surface area contributed by atoms with Crippen LogP contribution in [-0.2, 0) is 0 Å². The normalized spacial score (nSPS) is 23.5. The Kier molecular flexibility index (Phi) is 4.15. The molecule has 0 spiro atoms. The molecule has 2 aliphatic heterocycles. The first-order valence-electron chi connectivity index (χ1n) is 7.98. The number of phenolic OH excluding ortho intramolecular Hbond substituents is 1. The molecule has 0 radical (unpaired) electrons. The highest BCUT2D eigenvalue weighted by atomic mass is 16.3. The van der Waals surface area contributed by atoms with Gasteiger partial charge in [-0.15, -0.1) is 0 Å². The molecule has 1 aromatic rings. The van der Waals surface area contributed by atoms with Crippen molar-refractivity contribution in [3.8, 4) is 5.75 Å². The number of piperidine rings is 1. The van der Waals surface area contributed by atoms with Gasteiger partial charge in [-0.25, -0.2) is 0 Å². The third kappa shape index (κ3) is 3.05. The molecular weight excluding hydrogens is 264 g/mol. The van der Waals surface area contributed by atoms with E-state index in [0.29, 0.717) is 11.6 Å². The molecule has 0 saturated carbocycles. The first kappa shape index (κ1) is 14.4. The molecule has 0 aromatic heterocycles. The van der Waals surface area contributed by atoms with Crippen molar-refractivity contribution in [3.05, 3.63) is 29.3 Å². The number of carbonyl (C=O) groups excluding carboxylic acids is 1. The number of likely N-dealkylation sites (tertiary alicyclic amines) is 2. The fraction of sp³-hybridized carbons (Fsp3) is 0.588. The molecule has 0 unspecified atom stereocenters. The Morgan fingerprint density at radius 1 is 1.19 bits per heavy atom. The van der Waals surface area contributed by atoms with E-state index >= 15 is 0 Å². The molecule has 4 nitrogen and oxygen atoms in total. The van der Waals surface area contributed by atoms with E-state index in [0.717, 1.165) is 25.1 Å². The van der Waals surface area contributed by atoms with Crippen LogP contribution in [0.3, 0.4) is 0 Å². The van der Waals surface area contributed by atoms with Crippen molar-refractivity contribution in [1.82, 2.24) is 9.80 Å². The van der Waals surface area contributed by atoms with Crippen LogP contribution in [-0.4, -0.2) is 53.0 Å². The molecular formula is C17H24N2O2. The number of amides is 1. The number of hydrogen-bond acceptors (Lipinski definition) is 3. The van der Waals surface area contributed by atoms with Gasteiger partial charge in [0.2, 0.25) is 0 Å². The maximum absolute atomic E-state index is 12.5. The average Bonchev–Trinajstić information content (AvgIpc) is 3.00. The number of rotatable bonds is 2. The Hall–Kier alpha value is -1.55. The minimum Gasteiger partial charge on any atom is -0.508 e. The van der Waals surface area contributed by atoms with Crippen molar-refractivity contribution in [2.75, 3.05) is 26.2 Å². The predicted molar refractivity (Wildman–Crippen MR) is 82.6 cm³/mol. The molecule has 1 N–H and O–H groups in total. The van der Waals surface area contributed by atoms with Gasteiger partial charge < -0.3 is 10.0 Å². The van der Waals surface area contributed by atoms with E-state index in [1.165, 1.54) is 32.4 Å². The summed E-state index contributed by atoms with van der Waals surface area (Å²) in [5.74, 6) is 0.248. The van der Waals surface area contributed by atoms with Crippen LogP contribution in [0.4, 0.5) is 0 Å². The molecule has 3 rings (SSSR count). The summed E-state index contributed by atoms with van der Waals surface area (Å²) in [5, 5.41) is 9.77. The van der Waals surface area contributed by atoms with Crippen LogP contribution < -0.4 is 0 Å². The lowest BCUT2D eigenvalue weighted by Crippen LogP contribution is -2.41. The highest BCUT2D eigenvalue weighted by Crippen LogP contribution is 2.23. The molecule has 2 fully saturated rings. The number of hydrogen-bond donors (Lipinski definition) is 1. The molecule has 1 aromatic carbocycles. The first-order valence-corrected chi connectivity index (χ1v) is 7.98. The molecule has 2 saturated heterocycles. The first-order chi connectivity index (χ1) is 10.1. The SMILES string of the molecule is Cc1ccc(C(=O)N2CC[C@H](N3CCCCC3)C2)cc1O. The van der Waals surface area contributed by atoms with E-state index in [-0.39, 0.29) is 11.7 Å². The second-order valence-electron chi connectivity index (χ2n) is 6.29. The quantitative estimate of drug-likeness (QED) is 0.909. The molecule has 0 aliphatic carbocycles. The highest BCUT2D eigenvalue weighted by molar-refractivity contribution is 5.95. The number of carbonyl (C=O) groups is 1. The van der Waals surface area contributed by atoms with Crippen molar-refractivity contribution >= 4 is 5.91 Å². The van der Waals surface area contributed by atoms with Crippen LogP contribution in [0.2, 0.25) is 0 Å². The summed E-state index contributed by atoms with van der Waals surface area (Å²) >= 11 is 0. The van der Waals surface area contributed by atoms with Crippen molar-refractivity contribution in [2.45, 2.75) is 38.6 Å². The lowest BCUT2D eigenvalue weighted by atomic mass is 10.1. The number of nitrogens with zero attached hydrogens (tertiary/aromatic N) is 2. The monoisotopic (exact) mass is 288 g/mol. The Morgan fingerprint density at radius 3 is 2.67 bits per heavy atom. The van der Waals surface area contributed by atoms with E-state index in [1.54, 1.807) is 12.1 Å². The van der Waals surface area contributed by atoms with E-state index in [2.05, 4.69) is 4.90 Å². The molecule has 0 bridgehead atoms. The Labute approximate surface area is 126 Å². The molecule has 1 atom stereocenters. The summed E-state index contributed by atoms with van der Waals surface area (Å²) in [6.45, 7) is 5.85. The summed E-state index contributed by atoms with van der Waals surface area (Å²) in [7, 11) is 0. The molecule has 114 valence electrons. The number of aromatic hydroxyl groups is 1. The average molecular weight is 288 g/mol. The zero-order valence-corrected chi connectivity index (χ0v) is 12.7. The second-order valence-corrected chi connectivity index (χ2v) is 6.29. The van der Waals surface area contributed by atoms with Crippen LogP contribution in [0.5, 0.6) is 5.75 Å². The number of aryl methyl sites for hydroxylation is 1. The maximum atomic E-state index is 12.5. The Balaban J connectivity index is 1.64. The largest absolute Gasteiger partial charge is 0.508 e. The predicted octanol–water partition coefficient (Wildman–Crippen LogP) is 2.40. The van der Waals surface area contributed by atoms with Gasteiger partial charge in [0.25, 0.3) is 5.91 Å². The van der Waals surface area contributed by atoms with Crippen molar-refractivity contribution in [3.63, 3.8) is 0 Å². The molecule has 21 heavy (non-hydrogen) atoms. The Morgan fingerprint density at radius 2 is 1.95 bits per heavy atom. The summed E-state index contributed by atoms with van der Waals surface area (Å²) in [4.78, 5) is 17.0. The molecule has 1 amide bonds. The third-order valence-corrected chi connectivity index (χ3v) is 4.81. The summed E-state index contributed by atoms with van der Waals surface area (Å²) in [6, 6.07) is 5.73. The van der Waals surface area contributed by atoms with Crippen LogP contribution in [0.15, 0.2) is 18.2 Å². The fourth-order valence-electron chi connectivity index (χ4n) is 3.43. The number of phenols is 1. The standard InChI is InChI=1S/C17H24N2O2/c1-13-5-6-14(11-16(13)20)17(21)19-10-7-15(12-19)18-8-3-2-4-9-18/h5-6,11,15,20H,2-4,7-10,12H2,1H3/t15-/m0/s1. The van der Waals surface area contributed by atoms with Crippen LogP contribution in [0.25, 0.3) is 0 Å². The van der Waals surface area contributed by atoms with Crippen LogP contribution in [0.1, 0.15) is 41.6 Å². The molecule has 4 heteroatoms. The zero-order chi connectivity index (χ0) is 14.8. The summed E-state index contributed by atoms with van der Waals surface area (Å²) < 4.78 is 0. The van der Waals surface area contributed by atoms with Crippen LogP contribution >= 0.6 is 0 Å². The van der Waals surface area contributed by atoms with Crippen molar-refractivity contribution < 1.29 is 9.90 Å². The van der Waals surface area contributed by atoms with Gasteiger partial charge in [0, 0.05) is 24.7 Å². The van der Waals surface area contributed by atoms with Gasteiger partial charge in [0.1, 0.15) is 5.75 Å². The highest BCUT2D eigenvalue weighted by Gasteiger charge is 2.31. The topological polar surface area (TPSA) is 43.8 Å². The van der Waals surface area contributed by atoms with Gasteiger partial charge in [0.15, 0.2) is 0 Å². The van der Waals surface area contributed by atoms with Gasteiger partial charge in [-0.3, -0.25) is 9.69 Å². The minimum atomic E-state index is 0.0461. The maximum Gasteiger partial charge on any atom is 0.254 e. The molecule has 2 aliphatic rings. The van der Waals surface area contributed by atoms with E-state index in [4.69, 9.17) is 0 Å². The minimum absolute atomic E-state index is 0.0461. The molecule has 2 heterocycles. The van der Waals surface area contributed by atoms with Gasteiger partial charge in [-0.1, -0.05) is 12.5 Å². The van der Waals surface area contributed by atoms with Gasteiger partial charge >= 0.3 is 0 Å². The second kappa shape index (κ2) is 6.06. The van der Waals surface area contributed by atoms with Crippen molar-refractivity contribution in [2.24, 2.45) is 0 Å². The van der Waals surface area contributed by atoms with E-state index in [1.807, 2.05) is 17.9 Å².